The zero-order valence-corrected chi connectivity index (χ0v) is 13.7. The van der Waals surface area contributed by atoms with Crippen molar-refractivity contribution in [2.45, 2.75) is 0 Å². The van der Waals surface area contributed by atoms with Gasteiger partial charge in [0.2, 0.25) is 0 Å². The average molecular weight is 279 g/mol. The molecule has 0 aliphatic heterocycles. The van der Waals surface area contributed by atoms with Crippen molar-refractivity contribution in [3.8, 4) is 0 Å². The first-order valence-electron chi connectivity index (χ1n) is 3.26. The summed E-state index contributed by atoms with van der Waals surface area (Å²) in [5.74, 6) is 0. The Labute approximate surface area is 134 Å². The van der Waals surface area contributed by atoms with Crippen LogP contribution in [0.25, 0.3) is 0 Å². The summed E-state index contributed by atoms with van der Waals surface area (Å²) in [6.45, 7) is 1.11. The quantitative estimate of drug-likeness (QED) is 0.237. The van der Waals surface area contributed by atoms with E-state index in [0.717, 1.165) is 11.0 Å². The zero-order valence-electron chi connectivity index (χ0n) is 9.91. The first-order valence-corrected chi connectivity index (χ1v) is 4.82. The van der Waals surface area contributed by atoms with E-state index in [9.17, 15) is 0 Å². The zero-order chi connectivity index (χ0) is 10.4. The molecule has 0 heterocycles. The monoisotopic (exact) mass is 278 g/mol. The summed E-state index contributed by atoms with van der Waals surface area (Å²) in [5, 5.41) is 8.39. The number of aliphatic hydroxyl groups excluding tert-OH is 1. The Balaban J connectivity index is -0.0000000383. The van der Waals surface area contributed by atoms with Crippen molar-refractivity contribution in [3.63, 3.8) is 0 Å². The summed E-state index contributed by atoms with van der Waals surface area (Å²) in [6, 6.07) is 0. The minimum atomic E-state index is -4.64. The van der Waals surface area contributed by atoms with Crippen LogP contribution >= 0.6 is 20.2 Å². The van der Waals surface area contributed by atoms with E-state index in [4.69, 9.17) is 24.4 Å². The number of halogens is 1. The molecule has 86 valence electrons. The molecule has 0 spiro atoms. The Morgan fingerprint density at radius 1 is 1.21 bits per heavy atom. The molecule has 0 atom stereocenters. The van der Waals surface area contributed by atoms with E-state index in [2.05, 4.69) is 21.1 Å². The van der Waals surface area contributed by atoms with Crippen LogP contribution in [0.4, 0.5) is 0 Å². The van der Waals surface area contributed by atoms with Gasteiger partial charge < -0.3 is 25.7 Å². The first-order chi connectivity index (χ1) is 5.06. The number of hydrogen-bond acceptors (Lipinski definition) is 2. The van der Waals surface area contributed by atoms with Crippen LogP contribution in [0, 0.1) is 0 Å². The van der Waals surface area contributed by atoms with Gasteiger partial charge in [0.05, 0.1) is 27.7 Å². The summed E-state index contributed by atoms with van der Waals surface area (Å²) in [7, 11) is 1.52. The predicted molar refractivity (Wildman–Crippen MR) is 52.6 cm³/mol. The molecule has 0 aliphatic rings. The van der Waals surface area contributed by atoms with Gasteiger partial charge in [0.25, 0.3) is 0 Å². The Kier molecular flexibility index (Phi) is 20.4. The smallest absolute Gasteiger partial charge is 1.00 e. The van der Waals surface area contributed by atoms with Gasteiger partial charge in [-0.2, -0.15) is 0 Å². The third-order valence-electron chi connectivity index (χ3n) is 0.771. The minimum absolute atomic E-state index is 0. The van der Waals surface area contributed by atoms with Gasteiger partial charge >= 0.3 is 59.2 Å². The van der Waals surface area contributed by atoms with Gasteiger partial charge in [-0.25, -0.2) is 4.57 Å². The number of phosphoric acid groups is 1. The molecule has 6 nitrogen and oxygen atoms in total. The number of rotatable bonds is 2. The van der Waals surface area contributed by atoms with Crippen molar-refractivity contribution in [3.05, 3.63) is 0 Å². The maximum absolute atomic E-state index is 8.88. The molecule has 0 radical (unpaired) electrons. The molecule has 0 rings (SSSR count). The molecule has 0 aromatic rings. The van der Waals surface area contributed by atoms with Crippen molar-refractivity contribution in [2.75, 3.05) is 34.3 Å². The van der Waals surface area contributed by atoms with Gasteiger partial charge in [-0.05, 0) is 0 Å². The van der Waals surface area contributed by atoms with Crippen LogP contribution in [0.15, 0.2) is 0 Å². The first kappa shape index (κ1) is 25.0. The number of likely N-dealkylation sites (N-methyl/N-ethyl adjacent to an activating group) is 1. The molecular formula is C5H19ClKNO5P+. The molecule has 14 heavy (non-hydrogen) atoms. The summed E-state index contributed by atoms with van der Waals surface area (Å²) in [4.78, 5) is 21.6. The molecule has 0 saturated heterocycles. The average Bonchev–Trinajstić information content (AvgIpc) is 1.54. The third kappa shape index (κ3) is 66.0. The van der Waals surface area contributed by atoms with Gasteiger partial charge in [-0.1, -0.05) is 0 Å². The van der Waals surface area contributed by atoms with Crippen LogP contribution in [0.3, 0.4) is 0 Å². The normalized spacial score (nSPS) is 10.2. The second-order valence-electron chi connectivity index (χ2n) is 3.25. The van der Waals surface area contributed by atoms with Crippen LogP contribution < -0.4 is 51.4 Å². The Morgan fingerprint density at radius 3 is 1.43 bits per heavy atom. The van der Waals surface area contributed by atoms with Crippen LogP contribution in [0.5, 0.6) is 0 Å². The van der Waals surface area contributed by atoms with Gasteiger partial charge in [0.1, 0.15) is 6.54 Å². The van der Waals surface area contributed by atoms with E-state index in [-0.39, 0.29) is 71.8 Å². The fourth-order valence-corrected chi connectivity index (χ4v) is 0.300. The van der Waals surface area contributed by atoms with Crippen molar-refractivity contribution >= 4 is 20.2 Å². The molecule has 0 saturated carbocycles. The fraction of sp³-hybridized carbons (Fsp3) is 1.00. The predicted octanol–water partition coefficient (Wildman–Crippen LogP) is -3.71. The molecule has 4 N–H and O–H groups in total. The van der Waals surface area contributed by atoms with Gasteiger partial charge in [-0.15, -0.1) is 12.4 Å². The molecule has 9 heteroatoms. The number of hydrogen-bond donors (Lipinski definition) is 4. The minimum Gasteiger partial charge on any atom is -1.00 e. The van der Waals surface area contributed by atoms with Crippen molar-refractivity contribution < 1.29 is 81.6 Å². The van der Waals surface area contributed by atoms with Crippen molar-refractivity contribution in [2.24, 2.45) is 0 Å². The molecule has 0 aromatic carbocycles. The molecule has 0 fully saturated rings. The topological polar surface area (TPSA) is 98.0 Å². The van der Waals surface area contributed by atoms with Crippen molar-refractivity contribution in [1.82, 2.24) is 0 Å². The Hall–Kier alpha value is 1.96. The molecule has 0 aliphatic carbocycles. The Bertz CT molecular complexity index is 156. The van der Waals surface area contributed by atoms with Crippen LogP contribution in [0.1, 0.15) is 1.43 Å². The largest absolute Gasteiger partial charge is 1.00 e. The summed E-state index contributed by atoms with van der Waals surface area (Å²) in [5.41, 5.74) is 0. The van der Waals surface area contributed by atoms with E-state index in [1.165, 1.54) is 0 Å². The second kappa shape index (κ2) is 11.4. The van der Waals surface area contributed by atoms with E-state index in [1.54, 1.807) is 0 Å². The standard InChI is InChI=1S/C5H14NO.ClH.K.H3O4P.H/c1-6(2,3)4-5-7;;;1-5(2,3)4;/h7H,4-5H2,1-3H3;1H;;(H3,1,2,3,4);/q+1;;+1;;-1. The molecule has 0 aromatic heterocycles. The Morgan fingerprint density at radius 2 is 1.43 bits per heavy atom. The molecule has 0 amide bonds. The van der Waals surface area contributed by atoms with Crippen LogP contribution in [-0.2, 0) is 4.57 Å². The maximum atomic E-state index is 8.88. The van der Waals surface area contributed by atoms with Crippen molar-refractivity contribution in [1.29, 1.82) is 0 Å². The summed E-state index contributed by atoms with van der Waals surface area (Å²) < 4.78 is 9.73. The van der Waals surface area contributed by atoms with Gasteiger partial charge in [-0.3, -0.25) is 0 Å². The van der Waals surface area contributed by atoms with Gasteiger partial charge in [0, 0.05) is 0 Å². The van der Waals surface area contributed by atoms with E-state index in [0.29, 0.717) is 0 Å². The third-order valence-corrected chi connectivity index (χ3v) is 0.771. The molecular weight excluding hydrogens is 260 g/mol. The van der Waals surface area contributed by atoms with Gasteiger partial charge in [0.15, 0.2) is 0 Å². The number of nitrogens with zero attached hydrogens (tertiary/aromatic N) is 1. The summed E-state index contributed by atoms with van der Waals surface area (Å²) in [6.07, 6.45) is 0. The molecule has 0 unspecified atom stereocenters. The fourth-order valence-electron chi connectivity index (χ4n) is 0.300. The summed E-state index contributed by atoms with van der Waals surface area (Å²) >= 11 is 0. The van der Waals surface area contributed by atoms with Crippen LogP contribution in [0.2, 0.25) is 0 Å². The van der Waals surface area contributed by atoms with E-state index >= 15 is 0 Å². The van der Waals surface area contributed by atoms with E-state index in [1.807, 2.05) is 0 Å². The maximum Gasteiger partial charge on any atom is 1.00 e. The number of quaternary nitrogens is 1. The second-order valence-corrected chi connectivity index (χ2v) is 4.28. The SMILES string of the molecule is C[N+](C)(C)CCO.Cl.O=P(O)(O)O.[H-].[K+]. The molecule has 0 bridgehead atoms. The van der Waals surface area contributed by atoms with Crippen LogP contribution in [-0.4, -0.2) is 58.6 Å². The van der Waals surface area contributed by atoms with E-state index < -0.39 is 7.82 Å². The number of aliphatic hydroxyl groups is 1.